The quantitative estimate of drug-likeness (QED) is 0.503. The van der Waals surface area contributed by atoms with Gasteiger partial charge in [0.15, 0.2) is 6.17 Å². The lowest BCUT2D eigenvalue weighted by atomic mass is 10.0. The van der Waals surface area contributed by atoms with Crippen LogP contribution in [0.2, 0.25) is 0 Å². The summed E-state index contributed by atoms with van der Waals surface area (Å²) in [5.74, 6) is -0.0228. The molecule has 2 aromatic rings. The lowest BCUT2D eigenvalue weighted by Gasteiger charge is -2.38. The summed E-state index contributed by atoms with van der Waals surface area (Å²) in [5.41, 5.74) is -1.06. The summed E-state index contributed by atoms with van der Waals surface area (Å²) in [6.07, 6.45) is -14.3. The van der Waals surface area contributed by atoms with Crippen molar-refractivity contribution in [3.05, 3.63) is 41.1 Å². The zero-order valence-corrected chi connectivity index (χ0v) is 15.6. The van der Waals surface area contributed by atoms with Gasteiger partial charge in [0.25, 0.3) is 0 Å². The van der Waals surface area contributed by atoms with Gasteiger partial charge in [-0.2, -0.15) is 13.2 Å². The molecule has 1 aromatic carbocycles. The molecule has 3 rings (SSSR count). The highest BCUT2D eigenvalue weighted by Gasteiger charge is 2.47. The van der Waals surface area contributed by atoms with Crippen LogP contribution in [0.5, 0.6) is 11.6 Å². The van der Waals surface area contributed by atoms with E-state index in [1.54, 1.807) is 24.3 Å². The highest BCUT2D eigenvalue weighted by atomic mass is 19.4. The summed E-state index contributed by atoms with van der Waals surface area (Å²) in [6.45, 7) is -0.835. The Hall–Kier alpha value is -2.41. The summed E-state index contributed by atoms with van der Waals surface area (Å²) >= 11 is 0. The first-order valence-corrected chi connectivity index (χ1v) is 8.86. The number of halogens is 4. The van der Waals surface area contributed by atoms with E-state index in [0.717, 1.165) is 0 Å². The molecule has 1 aliphatic heterocycles. The van der Waals surface area contributed by atoms with Gasteiger partial charge >= 0.3 is 6.18 Å². The van der Waals surface area contributed by atoms with Crippen molar-refractivity contribution in [1.82, 2.24) is 10.2 Å². The van der Waals surface area contributed by atoms with Gasteiger partial charge in [-0.25, -0.2) is 4.39 Å². The number of benzene rings is 1. The second-order valence-corrected chi connectivity index (χ2v) is 6.67. The van der Waals surface area contributed by atoms with Crippen molar-refractivity contribution in [3.63, 3.8) is 0 Å². The summed E-state index contributed by atoms with van der Waals surface area (Å²) < 4.78 is 69.5. The minimum atomic E-state index is -4.78. The van der Waals surface area contributed by atoms with Crippen molar-refractivity contribution in [1.29, 1.82) is 0 Å². The average Bonchev–Trinajstić information content (AvgIpc) is 3.11. The Morgan fingerprint density at radius 3 is 2.40 bits per heavy atom. The fourth-order valence-electron chi connectivity index (χ4n) is 3.04. The fourth-order valence-corrected chi connectivity index (χ4v) is 3.04. The van der Waals surface area contributed by atoms with Gasteiger partial charge in [-0.3, -0.25) is 5.10 Å². The topological polar surface area (TPSA) is 117 Å². The van der Waals surface area contributed by atoms with Gasteiger partial charge in [-0.1, -0.05) is 12.1 Å². The van der Waals surface area contributed by atoms with Crippen molar-refractivity contribution in [2.24, 2.45) is 0 Å². The van der Waals surface area contributed by atoms with E-state index in [0.29, 0.717) is 11.3 Å². The molecule has 1 saturated heterocycles. The van der Waals surface area contributed by atoms with Crippen molar-refractivity contribution in [2.45, 2.75) is 43.4 Å². The molecule has 4 N–H and O–H groups in total. The molecule has 0 bridgehead atoms. The van der Waals surface area contributed by atoms with E-state index in [1.807, 2.05) is 5.10 Å². The van der Waals surface area contributed by atoms with Crippen LogP contribution in [0.4, 0.5) is 17.6 Å². The normalized spacial score (nSPS) is 27.1. The van der Waals surface area contributed by atoms with E-state index in [4.69, 9.17) is 19.3 Å². The van der Waals surface area contributed by atoms with Crippen LogP contribution in [0.1, 0.15) is 16.8 Å². The lowest BCUT2D eigenvalue weighted by Crippen LogP contribution is -2.58. The predicted molar refractivity (Wildman–Crippen MR) is 92.7 cm³/mol. The molecule has 12 heteroatoms. The number of rotatable bonds is 6. The van der Waals surface area contributed by atoms with E-state index in [-0.39, 0.29) is 12.0 Å². The summed E-state index contributed by atoms with van der Waals surface area (Å²) in [5, 5.41) is 34.3. The van der Waals surface area contributed by atoms with Crippen LogP contribution in [0, 0.1) is 0 Å². The third kappa shape index (κ3) is 4.51. The standard InChI is InChI=1S/C18H20F4N2O6/c1-28-9-4-2-8(3-5-9)6-10-15(18(20,21)22)23-24-16(10)30-17-14(27)13(26)12(19)11(7-25)29-17/h2-5,11-14,17,25-27H,6-7H2,1H3,(H,23,24)/t11-,12-,13?,14-,17+/m1/s1. The van der Waals surface area contributed by atoms with Crippen LogP contribution < -0.4 is 9.47 Å². The van der Waals surface area contributed by atoms with Gasteiger partial charge in [0.2, 0.25) is 12.2 Å². The van der Waals surface area contributed by atoms with Crippen LogP contribution in [0.25, 0.3) is 0 Å². The summed E-state index contributed by atoms with van der Waals surface area (Å²) in [7, 11) is 1.45. The molecule has 0 radical (unpaired) electrons. The molecule has 0 amide bonds. The maximum Gasteiger partial charge on any atom is 0.433 e. The fraction of sp³-hybridized carbons (Fsp3) is 0.500. The second kappa shape index (κ2) is 8.76. The maximum atomic E-state index is 13.9. The van der Waals surface area contributed by atoms with E-state index in [1.165, 1.54) is 7.11 Å². The number of hydrogen-bond acceptors (Lipinski definition) is 7. The molecule has 1 unspecified atom stereocenters. The Morgan fingerprint density at radius 2 is 1.83 bits per heavy atom. The van der Waals surface area contributed by atoms with Crippen LogP contribution in [-0.4, -0.2) is 70.0 Å². The highest BCUT2D eigenvalue weighted by molar-refractivity contribution is 5.39. The number of nitrogens with zero attached hydrogens (tertiary/aromatic N) is 1. The maximum absolute atomic E-state index is 13.9. The number of nitrogens with one attached hydrogen (secondary N) is 1. The largest absolute Gasteiger partial charge is 0.497 e. The van der Waals surface area contributed by atoms with Crippen LogP contribution in [-0.2, 0) is 17.3 Å². The number of methoxy groups -OCH3 is 1. The van der Waals surface area contributed by atoms with Gasteiger partial charge in [0.1, 0.15) is 29.8 Å². The third-order valence-electron chi connectivity index (χ3n) is 4.68. The predicted octanol–water partition coefficient (Wildman–Crippen LogP) is 1.18. The molecule has 0 spiro atoms. The van der Waals surface area contributed by atoms with Crippen LogP contribution in [0.15, 0.2) is 24.3 Å². The Morgan fingerprint density at radius 1 is 1.17 bits per heavy atom. The van der Waals surface area contributed by atoms with Gasteiger partial charge in [0.05, 0.1) is 19.3 Å². The van der Waals surface area contributed by atoms with E-state index < -0.39 is 55.1 Å². The van der Waals surface area contributed by atoms with Crippen molar-refractivity contribution in [2.75, 3.05) is 13.7 Å². The number of aliphatic hydroxyl groups excluding tert-OH is 3. The molecule has 0 aliphatic carbocycles. The van der Waals surface area contributed by atoms with Crippen LogP contribution in [0.3, 0.4) is 0 Å². The van der Waals surface area contributed by atoms with Gasteiger partial charge in [-0.05, 0) is 17.7 Å². The first-order valence-electron chi connectivity index (χ1n) is 8.86. The minimum Gasteiger partial charge on any atom is -0.497 e. The van der Waals surface area contributed by atoms with Crippen molar-refractivity contribution in [3.8, 4) is 11.6 Å². The molecule has 8 nitrogen and oxygen atoms in total. The zero-order chi connectivity index (χ0) is 22.1. The molecule has 1 aromatic heterocycles. The Labute approximate surface area is 168 Å². The number of hydrogen-bond donors (Lipinski definition) is 4. The Kier molecular flexibility index (Phi) is 6.50. The molecular weight excluding hydrogens is 416 g/mol. The highest BCUT2D eigenvalue weighted by Crippen LogP contribution is 2.37. The molecule has 1 aliphatic rings. The average molecular weight is 436 g/mol. The van der Waals surface area contributed by atoms with E-state index in [2.05, 4.69) is 5.10 Å². The number of H-pyrrole nitrogens is 1. The second-order valence-electron chi connectivity index (χ2n) is 6.67. The number of ether oxygens (including phenoxy) is 3. The van der Waals surface area contributed by atoms with E-state index >= 15 is 0 Å². The van der Waals surface area contributed by atoms with E-state index in [9.17, 15) is 27.8 Å². The first-order chi connectivity index (χ1) is 14.2. The van der Waals surface area contributed by atoms with Gasteiger partial charge < -0.3 is 29.5 Å². The smallest absolute Gasteiger partial charge is 0.433 e. The number of aromatic amines is 1. The minimum absolute atomic E-state index is 0.245. The molecule has 1 fully saturated rings. The summed E-state index contributed by atoms with van der Waals surface area (Å²) in [4.78, 5) is 0. The molecular formula is C18H20F4N2O6. The van der Waals surface area contributed by atoms with Crippen molar-refractivity contribution < 1.29 is 47.1 Å². The third-order valence-corrected chi connectivity index (χ3v) is 4.68. The van der Waals surface area contributed by atoms with Gasteiger partial charge in [0, 0.05) is 6.42 Å². The Bertz CT molecular complexity index is 842. The zero-order valence-electron chi connectivity index (χ0n) is 15.6. The monoisotopic (exact) mass is 436 g/mol. The molecule has 30 heavy (non-hydrogen) atoms. The first kappa shape index (κ1) is 22.3. The summed E-state index contributed by atoms with van der Waals surface area (Å²) in [6, 6.07) is 6.25. The number of alkyl halides is 4. The molecule has 5 atom stereocenters. The Balaban J connectivity index is 1.89. The molecule has 2 heterocycles. The number of aliphatic hydroxyl groups is 3. The lowest BCUT2D eigenvalue weighted by molar-refractivity contribution is -0.265. The number of aromatic nitrogens is 2. The van der Waals surface area contributed by atoms with Crippen molar-refractivity contribution >= 4 is 0 Å². The SMILES string of the molecule is COc1ccc(Cc2c(O[C@@H]3O[C@H](CO)[C@@H](F)C(O)[C@H]3O)n[nH]c2C(F)(F)F)cc1. The van der Waals surface area contributed by atoms with Gasteiger partial charge in [-0.15, -0.1) is 5.10 Å². The molecule has 166 valence electrons. The molecule has 0 saturated carbocycles. The van der Waals surface area contributed by atoms with Crippen LogP contribution >= 0.6 is 0 Å².